The third kappa shape index (κ3) is 4.33. The first-order valence-corrected chi connectivity index (χ1v) is 8.01. The monoisotopic (exact) mass is 302 g/mol. The minimum atomic E-state index is -0.990. The van der Waals surface area contributed by atoms with Crippen LogP contribution in [0.1, 0.15) is 44.1 Å². The van der Waals surface area contributed by atoms with Crippen LogP contribution in [0.2, 0.25) is 0 Å². The number of para-hydroxylation sites is 1. The van der Waals surface area contributed by atoms with Crippen molar-refractivity contribution in [3.8, 4) is 0 Å². The number of anilines is 1. The van der Waals surface area contributed by atoms with Crippen molar-refractivity contribution < 1.29 is 14.7 Å². The summed E-state index contributed by atoms with van der Waals surface area (Å²) in [6, 6.07) is 7.42. The average molecular weight is 302 g/mol. The minimum Gasteiger partial charge on any atom is -0.480 e. The van der Waals surface area contributed by atoms with Gasteiger partial charge in [0.2, 0.25) is 5.91 Å². The molecule has 4 nitrogen and oxygen atoms in total. The first-order valence-electron chi connectivity index (χ1n) is 8.01. The van der Waals surface area contributed by atoms with Gasteiger partial charge in [-0.2, -0.15) is 0 Å². The second-order valence-electron chi connectivity index (χ2n) is 5.96. The van der Waals surface area contributed by atoms with Gasteiger partial charge in [-0.1, -0.05) is 37.5 Å². The van der Waals surface area contributed by atoms with Crippen molar-refractivity contribution in [3.05, 3.63) is 36.8 Å². The molecule has 0 heterocycles. The molecule has 1 saturated carbocycles. The van der Waals surface area contributed by atoms with Crippen LogP contribution in [-0.4, -0.2) is 23.5 Å². The number of hydrogen-bond donors (Lipinski definition) is 1. The van der Waals surface area contributed by atoms with Gasteiger partial charge in [0.1, 0.15) is 6.54 Å². The van der Waals surface area contributed by atoms with Crippen LogP contribution in [0, 0.1) is 12.8 Å². The Hall–Kier alpha value is -1.84. The molecule has 22 heavy (non-hydrogen) atoms. The number of aliphatic carboxylic acids is 1. The first-order chi connectivity index (χ1) is 10.6. The summed E-state index contributed by atoms with van der Waals surface area (Å²) in [5, 5.41) is 9.15. The Labute approximate surface area is 132 Å². The molecule has 0 unspecified atom stereocenters. The van der Waals surface area contributed by atoms with Crippen LogP contribution >= 0.6 is 0 Å². The van der Waals surface area contributed by atoms with E-state index >= 15 is 0 Å². The van der Waals surface area contributed by atoms with E-state index in [9.17, 15) is 9.59 Å². The quantitative estimate of drug-likeness (QED) is 0.875. The predicted octanol–water partition coefficient (Wildman–Crippen LogP) is 3.45. The van der Waals surface area contributed by atoms with E-state index in [2.05, 4.69) is 6.92 Å². The molecule has 1 N–H and O–H groups in total. The number of hydrogen-bond acceptors (Lipinski definition) is 2. The lowest BCUT2D eigenvalue weighted by molar-refractivity contribution is -0.136. The van der Waals surface area contributed by atoms with E-state index < -0.39 is 5.97 Å². The number of carbonyl (C=O) groups excluding carboxylic acids is 1. The molecule has 1 aliphatic carbocycles. The molecule has 1 aromatic carbocycles. The summed E-state index contributed by atoms with van der Waals surface area (Å²) in [7, 11) is 0. The highest BCUT2D eigenvalue weighted by Gasteiger charge is 2.24. The third-order valence-electron chi connectivity index (χ3n) is 4.33. The van der Waals surface area contributed by atoms with Crippen molar-refractivity contribution in [3.63, 3.8) is 0 Å². The molecule has 1 fully saturated rings. The highest BCUT2D eigenvalue weighted by molar-refractivity contribution is 5.98. The van der Waals surface area contributed by atoms with E-state index in [4.69, 9.17) is 5.11 Å². The first kappa shape index (κ1) is 16.5. The van der Waals surface area contributed by atoms with Gasteiger partial charge in [-0.25, -0.2) is 0 Å². The fourth-order valence-electron chi connectivity index (χ4n) is 3.18. The van der Waals surface area contributed by atoms with Crippen molar-refractivity contribution >= 4 is 17.6 Å². The summed E-state index contributed by atoms with van der Waals surface area (Å²) in [4.78, 5) is 25.2. The van der Waals surface area contributed by atoms with Crippen LogP contribution in [0.15, 0.2) is 24.3 Å². The zero-order chi connectivity index (χ0) is 15.9. The summed E-state index contributed by atoms with van der Waals surface area (Å²) in [5.74, 6) is -0.685. The lowest BCUT2D eigenvalue weighted by Gasteiger charge is -2.27. The van der Waals surface area contributed by atoms with E-state index in [1.165, 1.54) is 24.2 Å². The highest BCUT2D eigenvalue weighted by Crippen LogP contribution is 2.29. The van der Waals surface area contributed by atoms with Crippen LogP contribution in [-0.2, 0) is 16.0 Å². The number of rotatable bonds is 6. The molecule has 2 rings (SSSR count). The maximum absolute atomic E-state index is 12.7. The van der Waals surface area contributed by atoms with Crippen LogP contribution in [0.4, 0.5) is 5.69 Å². The standard InChI is InChI=1S/C18H24NO3/c1-2-15-10-6-7-11-16(15)19(13-18(21)22)17(20)12-14-8-4-3-5-9-14/h6-7,10-11,14H,1-5,8-9,12-13H2,(H,21,22). The summed E-state index contributed by atoms with van der Waals surface area (Å²) in [6.07, 6.45) is 6.71. The van der Waals surface area contributed by atoms with Crippen molar-refractivity contribution in [2.24, 2.45) is 5.92 Å². The van der Waals surface area contributed by atoms with Crippen LogP contribution in [0.25, 0.3) is 0 Å². The van der Waals surface area contributed by atoms with Gasteiger partial charge in [0.25, 0.3) is 0 Å². The van der Waals surface area contributed by atoms with E-state index in [0.29, 0.717) is 24.4 Å². The largest absolute Gasteiger partial charge is 0.480 e. The fraction of sp³-hybridized carbons (Fsp3) is 0.500. The number of benzene rings is 1. The van der Waals surface area contributed by atoms with E-state index in [-0.39, 0.29) is 12.5 Å². The Morgan fingerprint density at radius 1 is 1.18 bits per heavy atom. The molecular weight excluding hydrogens is 278 g/mol. The highest BCUT2D eigenvalue weighted by atomic mass is 16.4. The van der Waals surface area contributed by atoms with E-state index in [1.54, 1.807) is 0 Å². The Balaban J connectivity index is 2.17. The third-order valence-corrected chi connectivity index (χ3v) is 4.33. The molecule has 4 heteroatoms. The molecule has 1 radical (unpaired) electrons. The van der Waals surface area contributed by atoms with Gasteiger partial charge in [0.15, 0.2) is 0 Å². The van der Waals surface area contributed by atoms with Gasteiger partial charge in [-0.15, -0.1) is 0 Å². The number of carboxylic acids is 1. The normalized spacial score (nSPS) is 15.5. The van der Waals surface area contributed by atoms with Gasteiger partial charge in [-0.3, -0.25) is 9.59 Å². The van der Waals surface area contributed by atoms with Crippen molar-refractivity contribution in [1.29, 1.82) is 0 Å². The Kier molecular flexibility index (Phi) is 5.99. The van der Waals surface area contributed by atoms with Gasteiger partial charge >= 0.3 is 5.97 Å². The predicted molar refractivity (Wildman–Crippen MR) is 86.7 cm³/mol. The molecule has 1 aromatic rings. The summed E-state index contributed by atoms with van der Waals surface area (Å²) in [6.45, 7) is 3.58. The molecular formula is C18H24NO3. The molecule has 0 spiro atoms. The Morgan fingerprint density at radius 2 is 1.86 bits per heavy atom. The topological polar surface area (TPSA) is 57.6 Å². The molecule has 0 bridgehead atoms. The maximum Gasteiger partial charge on any atom is 0.323 e. The van der Waals surface area contributed by atoms with Crippen LogP contribution in [0.3, 0.4) is 0 Å². The zero-order valence-electron chi connectivity index (χ0n) is 13.0. The van der Waals surface area contributed by atoms with Crippen LogP contribution in [0.5, 0.6) is 0 Å². The second-order valence-corrected chi connectivity index (χ2v) is 5.96. The molecule has 0 aromatic heterocycles. The molecule has 1 aliphatic rings. The summed E-state index contributed by atoms with van der Waals surface area (Å²) in [5.41, 5.74) is 1.58. The second kappa shape index (κ2) is 7.97. The maximum atomic E-state index is 12.7. The van der Waals surface area contributed by atoms with Crippen molar-refractivity contribution in [1.82, 2.24) is 0 Å². The molecule has 0 atom stereocenters. The lowest BCUT2D eigenvalue weighted by Crippen LogP contribution is -2.37. The van der Waals surface area contributed by atoms with Gasteiger partial charge in [-0.05, 0) is 43.7 Å². The SMILES string of the molecule is [CH2]Cc1ccccc1N(CC(=O)O)C(=O)CC1CCCCC1. The molecule has 119 valence electrons. The molecule has 1 amide bonds. The summed E-state index contributed by atoms with van der Waals surface area (Å²) < 4.78 is 0. The smallest absolute Gasteiger partial charge is 0.323 e. The number of carbonyl (C=O) groups is 2. The fourth-order valence-corrected chi connectivity index (χ4v) is 3.18. The molecule has 0 saturated heterocycles. The number of nitrogens with zero attached hydrogens (tertiary/aromatic N) is 1. The van der Waals surface area contributed by atoms with Crippen molar-refractivity contribution in [2.75, 3.05) is 11.4 Å². The number of carboxylic acid groups (broad SMARTS) is 1. The number of amides is 1. The Bertz CT molecular complexity index is 521. The Morgan fingerprint density at radius 3 is 2.50 bits per heavy atom. The van der Waals surface area contributed by atoms with Crippen LogP contribution < -0.4 is 4.90 Å². The van der Waals surface area contributed by atoms with E-state index in [0.717, 1.165) is 18.4 Å². The average Bonchev–Trinajstić information content (AvgIpc) is 2.53. The molecule has 0 aliphatic heterocycles. The lowest BCUT2D eigenvalue weighted by atomic mass is 9.86. The van der Waals surface area contributed by atoms with Gasteiger partial charge in [0.05, 0.1) is 0 Å². The minimum absolute atomic E-state index is 0.0878. The van der Waals surface area contributed by atoms with Gasteiger partial charge < -0.3 is 10.0 Å². The summed E-state index contributed by atoms with van der Waals surface area (Å²) >= 11 is 0. The van der Waals surface area contributed by atoms with Crippen molar-refractivity contribution in [2.45, 2.75) is 44.9 Å². The van der Waals surface area contributed by atoms with Gasteiger partial charge in [0, 0.05) is 12.1 Å². The van der Waals surface area contributed by atoms with E-state index in [1.807, 2.05) is 24.3 Å². The zero-order valence-corrected chi connectivity index (χ0v) is 13.0.